The molecule has 0 bridgehead atoms. The molecular formula is C42H72O14. The Bertz CT molecular complexity index is 1290. The molecule has 1 heterocycles. The van der Waals surface area contributed by atoms with Crippen LogP contribution in [0, 0.1) is 39.4 Å². The van der Waals surface area contributed by atoms with Crippen LogP contribution in [0.2, 0.25) is 0 Å². The molecule has 9 atom stereocenters. The summed E-state index contributed by atoms with van der Waals surface area (Å²) in [6.07, 6.45) is 15.7. The van der Waals surface area contributed by atoms with Crippen LogP contribution in [0.5, 0.6) is 0 Å². The van der Waals surface area contributed by atoms with Gasteiger partial charge in [0, 0.05) is 30.5 Å². The minimum atomic E-state index is -0.881. The van der Waals surface area contributed by atoms with E-state index in [1.165, 1.54) is 5.57 Å². The Morgan fingerprint density at radius 2 is 1.38 bits per heavy atom. The molecule has 5 aliphatic rings. The van der Waals surface area contributed by atoms with Crippen LogP contribution in [0.4, 0.5) is 0 Å². The molecule has 0 spiro atoms. The fourth-order valence-electron chi connectivity index (χ4n) is 11.9. The molecule has 324 valence electrons. The molecule has 14 nitrogen and oxygen atoms in total. The molecule has 9 unspecified atom stereocenters. The third-order valence-corrected chi connectivity index (χ3v) is 15.3. The first-order chi connectivity index (χ1) is 26.6. The predicted molar refractivity (Wildman–Crippen MR) is 202 cm³/mol. The number of hydrogen-bond donors (Lipinski definition) is 2. The van der Waals surface area contributed by atoms with Crippen molar-refractivity contribution in [2.24, 2.45) is 39.4 Å². The molecule has 2 N–H and O–H groups in total. The van der Waals surface area contributed by atoms with Crippen molar-refractivity contribution >= 4 is 5.78 Å². The molecule has 1 saturated heterocycles. The third kappa shape index (κ3) is 9.74. The highest BCUT2D eigenvalue weighted by Crippen LogP contribution is 2.75. The molecule has 0 aromatic carbocycles. The van der Waals surface area contributed by atoms with Gasteiger partial charge in [-0.1, -0.05) is 59.1 Å². The van der Waals surface area contributed by atoms with E-state index in [4.69, 9.17) is 39.3 Å². The second-order valence-corrected chi connectivity index (χ2v) is 19.2. The largest absolute Gasteiger partial charge is 0.388 e. The molecule has 1 aliphatic heterocycles. The number of hydrogen-bond acceptors (Lipinski definition) is 14. The van der Waals surface area contributed by atoms with E-state index in [0.717, 1.165) is 89.9 Å². The topological polar surface area (TPSA) is 159 Å². The third-order valence-electron chi connectivity index (χ3n) is 15.3. The summed E-state index contributed by atoms with van der Waals surface area (Å²) in [5.41, 5.74) is -0.752. The van der Waals surface area contributed by atoms with Gasteiger partial charge in [0.15, 0.2) is 6.79 Å². The van der Waals surface area contributed by atoms with Crippen LogP contribution >= 0.6 is 0 Å². The summed E-state index contributed by atoms with van der Waals surface area (Å²) < 4.78 is 18.6. The lowest BCUT2D eigenvalue weighted by molar-refractivity contribution is -0.702. The molecule has 5 rings (SSSR count). The molecule has 0 aromatic rings. The number of allylic oxidation sites excluding steroid dienone is 1. The number of ketones is 1. The summed E-state index contributed by atoms with van der Waals surface area (Å²) >= 11 is 0. The Balaban J connectivity index is 0.995. The zero-order valence-electron chi connectivity index (χ0n) is 35.4. The van der Waals surface area contributed by atoms with E-state index in [1.54, 1.807) is 0 Å². The van der Waals surface area contributed by atoms with Crippen LogP contribution in [-0.2, 0) is 58.9 Å². The van der Waals surface area contributed by atoms with Crippen LogP contribution in [0.25, 0.3) is 0 Å². The first kappa shape index (κ1) is 46.0. The van der Waals surface area contributed by atoms with Gasteiger partial charge >= 0.3 is 0 Å². The number of aliphatic hydroxyl groups is 1. The second-order valence-electron chi connectivity index (χ2n) is 19.2. The lowest BCUT2D eigenvalue weighted by atomic mass is 9.38. The van der Waals surface area contributed by atoms with Crippen LogP contribution in [-0.4, -0.2) is 72.8 Å². The average Bonchev–Trinajstić information content (AvgIpc) is 3.67. The first-order valence-electron chi connectivity index (χ1n) is 21.2. The van der Waals surface area contributed by atoms with Crippen LogP contribution in [0.15, 0.2) is 11.6 Å². The highest BCUT2D eigenvalue weighted by molar-refractivity contribution is 5.88. The van der Waals surface area contributed by atoms with E-state index in [0.29, 0.717) is 38.6 Å². The summed E-state index contributed by atoms with van der Waals surface area (Å²) in [6.45, 7) is 19.6. The van der Waals surface area contributed by atoms with Gasteiger partial charge in [-0.3, -0.25) is 4.79 Å². The summed E-state index contributed by atoms with van der Waals surface area (Å²) in [5, 5.41) is 39.2. The molecule has 0 aromatic heterocycles. The molecule has 56 heavy (non-hydrogen) atoms. The van der Waals surface area contributed by atoms with E-state index in [2.05, 4.69) is 67.6 Å². The van der Waals surface area contributed by atoms with Crippen molar-refractivity contribution < 1.29 is 69.2 Å². The molecule has 0 amide bonds. The maximum Gasteiger partial charge on any atom is 0.184 e. The van der Waals surface area contributed by atoms with Crippen molar-refractivity contribution in [2.75, 3.05) is 33.2 Å². The minimum Gasteiger partial charge on any atom is -0.388 e. The highest BCUT2D eigenvalue weighted by atomic mass is 17.8. The fourth-order valence-corrected chi connectivity index (χ4v) is 11.9. The minimum absolute atomic E-state index is 0.00564. The van der Waals surface area contributed by atoms with Crippen molar-refractivity contribution in [3.63, 3.8) is 0 Å². The van der Waals surface area contributed by atoms with Crippen LogP contribution in [0.1, 0.15) is 152 Å². The maximum atomic E-state index is 14.7. The van der Waals surface area contributed by atoms with Crippen LogP contribution in [0.3, 0.4) is 0 Å². The maximum absolute atomic E-state index is 14.7. The van der Waals surface area contributed by atoms with Gasteiger partial charge in [-0.2, -0.15) is 4.89 Å². The van der Waals surface area contributed by atoms with Crippen molar-refractivity contribution in [1.82, 2.24) is 0 Å². The monoisotopic (exact) mass is 800 g/mol. The summed E-state index contributed by atoms with van der Waals surface area (Å²) in [5.74, 6) is 1.12. The number of unbranched alkanes of at least 4 members (excludes halogenated alkanes) is 5. The first-order valence-corrected chi connectivity index (χ1v) is 21.2. The van der Waals surface area contributed by atoms with Crippen molar-refractivity contribution in [2.45, 2.75) is 175 Å². The fraction of sp³-hybridized carbons (Fsp3) is 0.929. The van der Waals surface area contributed by atoms with Gasteiger partial charge in [0.2, 0.25) is 0 Å². The molecule has 0 radical (unpaired) electrons. The second kappa shape index (κ2) is 19.5. The van der Waals surface area contributed by atoms with E-state index < -0.39 is 11.0 Å². The van der Waals surface area contributed by atoms with Gasteiger partial charge in [-0.05, 0) is 152 Å². The zero-order valence-corrected chi connectivity index (χ0v) is 35.4. The van der Waals surface area contributed by atoms with Gasteiger partial charge in [-0.15, -0.1) is 0 Å². The van der Waals surface area contributed by atoms with Crippen LogP contribution < -0.4 is 0 Å². The Morgan fingerprint density at radius 3 is 2.02 bits per heavy atom. The van der Waals surface area contributed by atoms with Crippen molar-refractivity contribution in [3.8, 4) is 0 Å². The lowest BCUT2D eigenvalue weighted by Crippen LogP contribution is -2.64. The Morgan fingerprint density at radius 1 is 0.750 bits per heavy atom. The lowest BCUT2D eigenvalue weighted by Gasteiger charge is -2.65. The van der Waals surface area contributed by atoms with Crippen molar-refractivity contribution in [1.29, 1.82) is 0 Å². The SMILES string of the molecule is CC(C)(O)C1CCC(C)(C2CCC3(C)C4CC=C5C(CCC(OCOOOOCCCCCOCCCCCCOOOOO)C5(C)C)C4(C)C(=O)CC23C)O1. The highest BCUT2D eigenvalue weighted by Gasteiger charge is 2.72. The number of Topliss-reactive ketones (excluding diaryl/α,β-unsaturated/α-hetero) is 1. The number of ether oxygens (including phenoxy) is 3. The van der Waals surface area contributed by atoms with Crippen molar-refractivity contribution in [3.05, 3.63) is 11.6 Å². The quantitative estimate of drug-likeness (QED) is 0.0314. The summed E-state index contributed by atoms with van der Waals surface area (Å²) in [7, 11) is 0. The van der Waals surface area contributed by atoms with Gasteiger partial charge in [0.25, 0.3) is 0 Å². The van der Waals surface area contributed by atoms with Gasteiger partial charge < -0.3 is 19.3 Å². The van der Waals surface area contributed by atoms with Gasteiger partial charge in [-0.25, -0.2) is 15.0 Å². The number of fused-ring (bicyclic) bond motifs is 5. The van der Waals surface area contributed by atoms with E-state index in [9.17, 15) is 9.90 Å². The smallest absolute Gasteiger partial charge is 0.184 e. The molecule has 14 heteroatoms. The van der Waals surface area contributed by atoms with Gasteiger partial charge in [0.1, 0.15) is 5.78 Å². The molecular weight excluding hydrogens is 728 g/mol. The average molecular weight is 801 g/mol. The van der Waals surface area contributed by atoms with E-state index in [-0.39, 0.29) is 58.6 Å². The standard InChI is InChI=1S/C42H72O14/c1-37(2)30-16-18-33-39(5)22-20-32(41(7)23-21-36(51-41)38(3,4)44)40(39,6)28-34(43)42(33,8)31(30)17-19-35(37)47-29-50-55-53-48-27-15-11-13-25-46-24-12-9-10-14-26-49-54-56-52-45/h16,31-33,35-36,44-45H,9-15,17-29H2,1-8H3. The van der Waals surface area contributed by atoms with E-state index >= 15 is 0 Å². The number of carbonyl (C=O) groups is 1. The Labute approximate surface area is 333 Å². The normalized spacial score (nSPS) is 36.6. The Hall–Kier alpha value is -1.11. The molecule has 4 fully saturated rings. The number of rotatable bonds is 24. The van der Waals surface area contributed by atoms with Gasteiger partial charge in [0.05, 0.1) is 36.6 Å². The zero-order chi connectivity index (χ0) is 40.7. The summed E-state index contributed by atoms with van der Waals surface area (Å²) in [4.78, 5) is 29.6. The molecule has 4 aliphatic carbocycles. The number of carbonyl (C=O) groups excluding carboxylic acids is 1. The predicted octanol–water partition coefficient (Wildman–Crippen LogP) is 8.67. The Kier molecular flexibility index (Phi) is 16.0. The summed E-state index contributed by atoms with van der Waals surface area (Å²) in [6, 6.07) is 0. The molecule has 3 saturated carbocycles. The van der Waals surface area contributed by atoms with E-state index in [1.807, 2.05) is 13.8 Å².